The second kappa shape index (κ2) is 13.9. The number of hydrogen-bond acceptors (Lipinski definition) is 8. The molecule has 2 aliphatic rings. The minimum absolute atomic E-state index is 0.00847. The normalized spacial score (nSPS) is 20.6. The molecule has 226 valence electrons. The first-order valence-electron chi connectivity index (χ1n) is 13.6. The molecule has 1 aliphatic carbocycles. The largest absolute Gasteiger partial charge is 0.493 e. The molecule has 2 amide bonds. The molecule has 42 heavy (non-hydrogen) atoms. The smallest absolute Gasteiger partial charge is 0.247 e. The van der Waals surface area contributed by atoms with Crippen molar-refractivity contribution in [1.82, 2.24) is 10.2 Å². The molecule has 0 saturated carbocycles. The fourth-order valence-corrected chi connectivity index (χ4v) is 5.77. The van der Waals surface area contributed by atoms with Gasteiger partial charge < -0.3 is 39.8 Å². The number of ether oxygens (including phenoxy) is 2. The molecule has 2 aromatic carbocycles. The number of nitrogens with zero attached hydrogens (tertiary/aromatic N) is 1. The van der Waals surface area contributed by atoms with E-state index in [1.165, 1.54) is 18.9 Å². The van der Waals surface area contributed by atoms with Gasteiger partial charge in [-0.2, -0.15) is 0 Å². The van der Waals surface area contributed by atoms with Crippen LogP contribution in [0.2, 0.25) is 10.0 Å². The number of aliphatic hydroxyl groups is 3. The van der Waals surface area contributed by atoms with Gasteiger partial charge >= 0.3 is 0 Å². The zero-order valence-electron chi connectivity index (χ0n) is 23.3. The molecule has 0 saturated heterocycles. The number of hydrogen-bond donors (Lipinski definition) is 4. The first-order chi connectivity index (χ1) is 20.1. The van der Waals surface area contributed by atoms with Crippen molar-refractivity contribution in [3.05, 3.63) is 68.7 Å². The van der Waals surface area contributed by atoms with E-state index in [9.17, 15) is 29.7 Å². The number of amides is 2. The molecule has 0 radical (unpaired) electrons. The van der Waals surface area contributed by atoms with Crippen LogP contribution in [0.25, 0.3) is 0 Å². The first kappa shape index (κ1) is 31.8. The lowest BCUT2D eigenvalue weighted by Gasteiger charge is -2.41. The van der Waals surface area contributed by atoms with E-state index in [1.807, 2.05) is 0 Å². The molecular formula is C30H34Cl2N2O8. The highest BCUT2D eigenvalue weighted by atomic mass is 35.5. The van der Waals surface area contributed by atoms with Gasteiger partial charge in [0.1, 0.15) is 18.0 Å². The Bertz CT molecular complexity index is 1380. The zero-order valence-corrected chi connectivity index (χ0v) is 24.8. The van der Waals surface area contributed by atoms with Gasteiger partial charge in [0.15, 0.2) is 11.5 Å². The van der Waals surface area contributed by atoms with Crippen LogP contribution in [-0.4, -0.2) is 76.3 Å². The number of benzene rings is 2. The number of carbonyl (C=O) groups excluding carboxylic acids is 3. The molecule has 10 nitrogen and oxygen atoms in total. The van der Waals surface area contributed by atoms with E-state index in [0.717, 1.165) is 0 Å². The summed E-state index contributed by atoms with van der Waals surface area (Å²) in [5.41, 5.74) is 1.96. The predicted molar refractivity (Wildman–Crippen MR) is 156 cm³/mol. The Hall–Kier alpha value is -3.15. The summed E-state index contributed by atoms with van der Waals surface area (Å²) in [6, 6.07) is 7.26. The fourth-order valence-electron chi connectivity index (χ4n) is 5.45. The number of ketones is 1. The van der Waals surface area contributed by atoms with Crippen LogP contribution in [0, 0.1) is 0 Å². The van der Waals surface area contributed by atoms with Crippen LogP contribution in [-0.2, 0) is 27.5 Å². The van der Waals surface area contributed by atoms with Gasteiger partial charge in [0, 0.05) is 37.1 Å². The topological polar surface area (TPSA) is 146 Å². The van der Waals surface area contributed by atoms with Crippen molar-refractivity contribution < 1.29 is 39.2 Å². The SMILES string of the molecule is COc1cc(CO)cc2c1O[C@@H]1[C@@H](O)[C@H](N(Cc3ccc(Cl)c(Cl)c3)C(=O)CCCC(C)=O)C=C(C(=O)NCCO)[C@H]21. The summed E-state index contributed by atoms with van der Waals surface area (Å²) < 4.78 is 11.7. The first-order valence-corrected chi connectivity index (χ1v) is 14.3. The second-order valence-electron chi connectivity index (χ2n) is 10.3. The van der Waals surface area contributed by atoms with Gasteiger partial charge in [-0.25, -0.2) is 0 Å². The van der Waals surface area contributed by atoms with Gasteiger partial charge in [-0.15, -0.1) is 0 Å². The molecule has 1 heterocycles. The maximum absolute atomic E-state index is 13.7. The fraction of sp³-hybridized carbons (Fsp3) is 0.433. The van der Waals surface area contributed by atoms with E-state index >= 15 is 0 Å². The van der Waals surface area contributed by atoms with Gasteiger partial charge in [0.05, 0.1) is 42.3 Å². The number of carbonyl (C=O) groups is 3. The molecular weight excluding hydrogens is 587 g/mol. The van der Waals surface area contributed by atoms with Crippen LogP contribution >= 0.6 is 23.2 Å². The number of rotatable bonds is 12. The number of nitrogens with one attached hydrogen (secondary N) is 1. The highest BCUT2D eigenvalue weighted by Crippen LogP contribution is 2.51. The molecule has 2 aromatic rings. The van der Waals surface area contributed by atoms with Crippen LogP contribution in [0.4, 0.5) is 0 Å². The molecule has 4 N–H and O–H groups in total. The van der Waals surface area contributed by atoms with Crippen molar-refractivity contribution in [2.24, 2.45) is 0 Å². The average Bonchev–Trinajstić information content (AvgIpc) is 3.36. The third-order valence-electron chi connectivity index (χ3n) is 7.43. The second-order valence-corrected chi connectivity index (χ2v) is 11.2. The lowest BCUT2D eigenvalue weighted by atomic mass is 9.77. The lowest BCUT2D eigenvalue weighted by Crippen LogP contribution is -2.55. The molecule has 12 heteroatoms. The van der Waals surface area contributed by atoms with Gasteiger partial charge in [0.2, 0.25) is 11.8 Å². The highest BCUT2D eigenvalue weighted by molar-refractivity contribution is 6.42. The standard InChI is InChI=1S/C30H34Cl2N2O8/c1-16(37)4-3-5-25(38)34(14-17-6-7-21(31)22(32)11-17)23-13-20(30(40)33-8-9-35)26-19-10-18(15-36)12-24(41-2)28(19)42-29(26)27(23)39/h6-7,10-13,23,26-27,29,35-36,39H,3-5,8-9,14-15H2,1-2H3,(H,33,40)/t23-,26+,27+,29+/m1/s1. The van der Waals surface area contributed by atoms with E-state index in [2.05, 4.69) is 5.32 Å². The van der Waals surface area contributed by atoms with E-state index in [-0.39, 0.29) is 56.4 Å². The average molecular weight is 622 g/mol. The van der Waals surface area contributed by atoms with Crippen molar-refractivity contribution in [2.75, 3.05) is 20.3 Å². The summed E-state index contributed by atoms with van der Waals surface area (Å²) in [5, 5.41) is 34.2. The summed E-state index contributed by atoms with van der Waals surface area (Å²) >= 11 is 12.3. The number of halogens is 2. The molecule has 0 unspecified atom stereocenters. The Labute approximate surface area is 253 Å². The maximum Gasteiger partial charge on any atom is 0.247 e. The van der Waals surface area contributed by atoms with E-state index in [0.29, 0.717) is 44.7 Å². The Morgan fingerprint density at radius 3 is 2.48 bits per heavy atom. The van der Waals surface area contributed by atoms with Crippen LogP contribution < -0.4 is 14.8 Å². The number of fused-ring (bicyclic) bond motifs is 3. The van der Waals surface area contributed by atoms with Crippen molar-refractivity contribution in [1.29, 1.82) is 0 Å². The van der Waals surface area contributed by atoms with Gasteiger partial charge in [-0.1, -0.05) is 29.3 Å². The van der Waals surface area contributed by atoms with Gasteiger partial charge in [-0.3, -0.25) is 9.59 Å². The number of methoxy groups -OCH3 is 1. The third kappa shape index (κ3) is 6.74. The Morgan fingerprint density at radius 2 is 1.83 bits per heavy atom. The van der Waals surface area contributed by atoms with E-state index in [4.69, 9.17) is 32.7 Å². The van der Waals surface area contributed by atoms with Crippen molar-refractivity contribution in [3.8, 4) is 11.5 Å². The van der Waals surface area contributed by atoms with Crippen LogP contribution in [0.1, 0.15) is 48.8 Å². The van der Waals surface area contributed by atoms with E-state index < -0.39 is 30.1 Å². The molecule has 0 bridgehead atoms. The number of aliphatic hydroxyl groups excluding tert-OH is 3. The molecule has 1 aliphatic heterocycles. The van der Waals surface area contributed by atoms with Crippen LogP contribution in [0.5, 0.6) is 11.5 Å². The van der Waals surface area contributed by atoms with Gasteiger partial charge in [-0.05, 0) is 54.8 Å². The summed E-state index contributed by atoms with van der Waals surface area (Å²) in [5.74, 6) is -0.974. The third-order valence-corrected chi connectivity index (χ3v) is 8.17. The summed E-state index contributed by atoms with van der Waals surface area (Å²) in [6.07, 6.45) is -0.132. The predicted octanol–water partition coefficient (Wildman–Crippen LogP) is 2.91. The minimum Gasteiger partial charge on any atom is -0.493 e. The quantitative estimate of drug-likeness (QED) is 0.283. The Morgan fingerprint density at radius 1 is 1.07 bits per heavy atom. The maximum atomic E-state index is 13.7. The van der Waals surface area contributed by atoms with Crippen LogP contribution in [0.15, 0.2) is 42.0 Å². The molecule has 4 rings (SSSR count). The number of Topliss-reactive ketones (excluding diaryl/α,β-unsaturated/α-hetero) is 1. The minimum atomic E-state index is -1.28. The summed E-state index contributed by atoms with van der Waals surface area (Å²) in [4.78, 5) is 40.1. The zero-order chi connectivity index (χ0) is 30.6. The molecule has 0 aromatic heterocycles. The molecule has 0 spiro atoms. The Balaban J connectivity index is 1.80. The summed E-state index contributed by atoms with van der Waals surface area (Å²) in [7, 11) is 1.45. The summed E-state index contributed by atoms with van der Waals surface area (Å²) in [6.45, 7) is 0.906. The van der Waals surface area contributed by atoms with Crippen LogP contribution in [0.3, 0.4) is 0 Å². The van der Waals surface area contributed by atoms with Crippen molar-refractivity contribution in [3.63, 3.8) is 0 Å². The van der Waals surface area contributed by atoms with E-state index in [1.54, 1.807) is 36.4 Å². The van der Waals surface area contributed by atoms with Crippen molar-refractivity contribution >= 4 is 40.8 Å². The molecule has 4 atom stereocenters. The van der Waals surface area contributed by atoms with Crippen molar-refractivity contribution in [2.45, 2.75) is 63.5 Å². The van der Waals surface area contributed by atoms with Gasteiger partial charge in [0.25, 0.3) is 0 Å². The monoisotopic (exact) mass is 620 g/mol. The highest BCUT2D eigenvalue weighted by Gasteiger charge is 2.51. The lowest BCUT2D eigenvalue weighted by molar-refractivity contribution is -0.138. The molecule has 0 fully saturated rings. The Kier molecular flexibility index (Phi) is 10.5.